The Balaban J connectivity index is 1.74. The number of aromatic nitrogens is 1. The van der Waals surface area contributed by atoms with Crippen LogP contribution in [-0.2, 0) is 6.18 Å². The van der Waals surface area contributed by atoms with Gasteiger partial charge in [0, 0.05) is 24.5 Å². The summed E-state index contributed by atoms with van der Waals surface area (Å²) in [6.07, 6.45) is -2.53. The van der Waals surface area contributed by atoms with E-state index in [1.54, 1.807) is 12.1 Å². The van der Waals surface area contributed by atoms with Crippen molar-refractivity contribution in [3.8, 4) is 0 Å². The predicted molar refractivity (Wildman–Crippen MR) is 94.4 cm³/mol. The highest BCUT2D eigenvalue weighted by molar-refractivity contribution is 7.17. The number of alkyl halides is 3. The summed E-state index contributed by atoms with van der Waals surface area (Å²) < 4.78 is 38.7. The third-order valence-corrected chi connectivity index (χ3v) is 5.32. The maximum atomic E-state index is 12.9. The molecular weight excluding hydrogens is 367 g/mol. The fourth-order valence-electron chi connectivity index (χ4n) is 2.86. The molecule has 1 aliphatic heterocycles. The molecule has 0 atom stereocenters. The molecular formula is C17H18F3N3O2S. The zero-order valence-electron chi connectivity index (χ0n) is 14.0. The molecule has 2 heterocycles. The van der Waals surface area contributed by atoms with Gasteiger partial charge in [-0.1, -0.05) is 18.3 Å². The molecule has 3 rings (SSSR count). The first-order valence-electron chi connectivity index (χ1n) is 8.17. The Bertz CT molecular complexity index is 782. The number of carboxylic acids is 1. The van der Waals surface area contributed by atoms with Crippen LogP contribution in [-0.4, -0.2) is 29.1 Å². The van der Waals surface area contributed by atoms with E-state index >= 15 is 0 Å². The van der Waals surface area contributed by atoms with Gasteiger partial charge in [-0.15, -0.1) is 0 Å². The maximum Gasteiger partial charge on any atom is 0.435 e. The standard InChI is InChI=1S/C17H18F3N3O2S/c1-10-6-8-23(9-7-10)12-4-2-11(3-5-12)21-16-22-14(17(18,19)20)13(26-16)15(24)25/h2-5,10H,6-9H2,1H3,(H,21,22)(H,24,25). The molecule has 0 spiro atoms. The lowest BCUT2D eigenvalue weighted by molar-refractivity contribution is -0.141. The lowest BCUT2D eigenvalue weighted by Gasteiger charge is -2.32. The first kappa shape index (κ1) is 18.5. The first-order chi connectivity index (χ1) is 12.2. The number of nitrogens with zero attached hydrogens (tertiary/aromatic N) is 2. The lowest BCUT2D eigenvalue weighted by atomic mass is 9.99. The highest BCUT2D eigenvalue weighted by Gasteiger charge is 2.39. The third-order valence-electron chi connectivity index (χ3n) is 4.36. The van der Waals surface area contributed by atoms with Gasteiger partial charge in [0.15, 0.2) is 10.8 Å². The largest absolute Gasteiger partial charge is 0.477 e. The molecule has 0 aliphatic carbocycles. The van der Waals surface area contributed by atoms with Gasteiger partial charge < -0.3 is 15.3 Å². The van der Waals surface area contributed by atoms with Crippen molar-refractivity contribution in [2.24, 2.45) is 5.92 Å². The summed E-state index contributed by atoms with van der Waals surface area (Å²) in [5.74, 6) is -0.916. The highest BCUT2D eigenvalue weighted by atomic mass is 32.1. The fraction of sp³-hybridized carbons (Fsp3) is 0.412. The van der Waals surface area contributed by atoms with E-state index in [9.17, 15) is 18.0 Å². The van der Waals surface area contributed by atoms with Gasteiger partial charge in [0.1, 0.15) is 4.88 Å². The molecule has 0 amide bonds. The quantitative estimate of drug-likeness (QED) is 0.788. The molecule has 1 fully saturated rings. The number of thiazole rings is 1. The molecule has 0 saturated carbocycles. The van der Waals surface area contributed by atoms with Gasteiger partial charge in [0.05, 0.1) is 0 Å². The summed E-state index contributed by atoms with van der Waals surface area (Å²) in [6.45, 7) is 4.20. The number of benzene rings is 1. The van der Waals surface area contributed by atoms with E-state index in [0.29, 0.717) is 17.0 Å². The topological polar surface area (TPSA) is 65.5 Å². The van der Waals surface area contributed by atoms with Crippen molar-refractivity contribution in [2.75, 3.05) is 23.3 Å². The van der Waals surface area contributed by atoms with Gasteiger partial charge in [-0.3, -0.25) is 0 Å². The Morgan fingerprint density at radius 1 is 1.27 bits per heavy atom. The van der Waals surface area contributed by atoms with E-state index < -0.39 is 22.7 Å². The van der Waals surface area contributed by atoms with E-state index in [4.69, 9.17) is 5.11 Å². The minimum Gasteiger partial charge on any atom is -0.477 e. The number of hydrogen-bond donors (Lipinski definition) is 2. The van der Waals surface area contributed by atoms with Crippen LogP contribution in [0.1, 0.15) is 35.1 Å². The van der Waals surface area contributed by atoms with Gasteiger partial charge >= 0.3 is 12.1 Å². The van der Waals surface area contributed by atoms with Gasteiger partial charge in [-0.25, -0.2) is 9.78 Å². The molecule has 1 aliphatic rings. The zero-order chi connectivity index (χ0) is 18.9. The number of hydrogen-bond acceptors (Lipinski definition) is 5. The van der Waals surface area contributed by atoms with Crippen LogP contribution in [0.3, 0.4) is 0 Å². The minimum atomic E-state index is -4.81. The van der Waals surface area contributed by atoms with Crippen LogP contribution in [0.5, 0.6) is 0 Å². The van der Waals surface area contributed by atoms with Crippen LogP contribution >= 0.6 is 11.3 Å². The van der Waals surface area contributed by atoms with Gasteiger partial charge in [0.25, 0.3) is 0 Å². The van der Waals surface area contributed by atoms with Crippen molar-refractivity contribution >= 4 is 33.8 Å². The molecule has 1 saturated heterocycles. The van der Waals surface area contributed by atoms with E-state index in [1.165, 1.54) is 0 Å². The molecule has 0 bridgehead atoms. The smallest absolute Gasteiger partial charge is 0.435 e. The van der Waals surface area contributed by atoms with Crippen molar-refractivity contribution in [1.29, 1.82) is 0 Å². The van der Waals surface area contributed by atoms with Gasteiger partial charge in [-0.2, -0.15) is 13.2 Å². The average Bonchev–Trinajstić information content (AvgIpc) is 3.01. The normalized spacial score (nSPS) is 15.9. The van der Waals surface area contributed by atoms with E-state index in [1.807, 2.05) is 12.1 Å². The highest BCUT2D eigenvalue weighted by Crippen LogP contribution is 2.37. The van der Waals surface area contributed by atoms with Crippen molar-refractivity contribution in [3.05, 3.63) is 34.8 Å². The van der Waals surface area contributed by atoms with Gasteiger partial charge in [0.2, 0.25) is 0 Å². The van der Waals surface area contributed by atoms with Crippen LogP contribution < -0.4 is 10.2 Å². The first-order valence-corrected chi connectivity index (χ1v) is 8.99. The second kappa shape index (κ2) is 7.14. The number of anilines is 3. The molecule has 5 nitrogen and oxygen atoms in total. The third kappa shape index (κ3) is 4.09. The summed E-state index contributed by atoms with van der Waals surface area (Å²) in [5, 5.41) is 11.6. The number of halogens is 3. The molecule has 140 valence electrons. The summed E-state index contributed by atoms with van der Waals surface area (Å²) in [4.78, 5) is 15.9. The molecule has 1 aromatic carbocycles. The fourth-order valence-corrected chi connectivity index (χ4v) is 3.70. The summed E-state index contributed by atoms with van der Waals surface area (Å²) >= 11 is 0.470. The van der Waals surface area contributed by atoms with Crippen molar-refractivity contribution in [1.82, 2.24) is 4.98 Å². The van der Waals surface area contributed by atoms with Crippen LogP contribution in [0, 0.1) is 5.92 Å². The van der Waals surface area contributed by atoms with Crippen LogP contribution in [0.2, 0.25) is 0 Å². The van der Waals surface area contributed by atoms with E-state index in [0.717, 1.165) is 37.5 Å². The molecule has 2 aromatic rings. The van der Waals surface area contributed by atoms with Crippen LogP contribution in [0.15, 0.2) is 24.3 Å². The van der Waals surface area contributed by atoms with Crippen molar-refractivity contribution < 1.29 is 23.1 Å². The Morgan fingerprint density at radius 2 is 1.88 bits per heavy atom. The van der Waals surface area contributed by atoms with Crippen LogP contribution in [0.25, 0.3) is 0 Å². The summed E-state index contributed by atoms with van der Waals surface area (Å²) in [5.41, 5.74) is 0.235. The SMILES string of the molecule is CC1CCN(c2ccc(Nc3nc(C(F)(F)F)c(C(=O)O)s3)cc2)CC1. The second-order valence-electron chi connectivity index (χ2n) is 6.34. The number of nitrogens with one attached hydrogen (secondary N) is 1. The predicted octanol–water partition coefficient (Wildman–Crippen LogP) is 4.84. The molecule has 9 heteroatoms. The molecule has 26 heavy (non-hydrogen) atoms. The Labute approximate surface area is 152 Å². The molecule has 0 unspecified atom stereocenters. The number of carboxylic acid groups (broad SMARTS) is 1. The van der Waals surface area contributed by atoms with Crippen LogP contribution in [0.4, 0.5) is 29.7 Å². The summed E-state index contributed by atoms with van der Waals surface area (Å²) in [7, 11) is 0. The van der Waals surface area contributed by atoms with E-state index in [2.05, 4.69) is 22.1 Å². The Hall–Kier alpha value is -2.29. The number of aromatic carboxylic acids is 1. The molecule has 2 N–H and O–H groups in total. The van der Waals surface area contributed by atoms with Crippen molar-refractivity contribution in [2.45, 2.75) is 25.9 Å². The lowest BCUT2D eigenvalue weighted by Crippen LogP contribution is -2.32. The maximum absolute atomic E-state index is 12.9. The monoisotopic (exact) mass is 385 g/mol. The Kier molecular flexibility index (Phi) is 5.08. The minimum absolute atomic E-state index is 0.103. The number of carbonyl (C=O) groups is 1. The number of piperidine rings is 1. The van der Waals surface area contributed by atoms with Crippen molar-refractivity contribution in [3.63, 3.8) is 0 Å². The summed E-state index contributed by atoms with van der Waals surface area (Å²) in [6, 6.07) is 7.30. The van der Waals surface area contributed by atoms with Gasteiger partial charge in [-0.05, 0) is 43.0 Å². The molecule has 1 aromatic heterocycles. The molecule has 0 radical (unpaired) electrons. The Morgan fingerprint density at radius 3 is 2.38 bits per heavy atom. The zero-order valence-corrected chi connectivity index (χ0v) is 14.8. The second-order valence-corrected chi connectivity index (χ2v) is 7.34. The van der Waals surface area contributed by atoms with E-state index in [-0.39, 0.29) is 5.13 Å². The number of rotatable bonds is 4. The average molecular weight is 385 g/mol.